The molecule has 1 saturated heterocycles. The molecule has 13 heteroatoms. The summed E-state index contributed by atoms with van der Waals surface area (Å²) >= 11 is 5.56. The Morgan fingerprint density at radius 2 is 2.05 bits per heavy atom. The molecule has 11 nitrogen and oxygen atoms in total. The van der Waals surface area contributed by atoms with E-state index in [-0.39, 0.29) is 30.1 Å². The van der Waals surface area contributed by atoms with Crippen LogP contribution in [-0.2, 0) is 23.4 Å². The summed E-state index contributed by atoms with van der Waals surface area (Å²) < 4.78 is 41.3. The minimum Gasteiger partial charge on any atom is -0.460 e. The highest BCUT2D eigenvalue weighted by Gasteiger charge is 2.51. The van der Waals surface area contributed by atoms with E-state index in [1.54, 1.807) is 17.2 Å². The number of ether oxygens (including phenoxy) is 2. The summed E-state index contributed by atoms with van der Waals surface area (Å²) in [5.41, 5.74) is 3.66. The van der Waals surface area contributed by atoms with Gasteiger partial charge in [0.2, 0.25) is 1.43 Å². The molecule has 3 rings (SSSR count). The van der Waals surface area contributed by atoms with E-state index in [0.29, 0.717) is 12.4 Å². The summed E-state index contributed by atoms with van der Waals surface area (Å²) in [5, 5.41) is 9.36. The Bertz CT molecular complexity index is 1050. The standard InChI is InChI=1S/C26H38N5O5PS.CH4O/c1-8-15-27-36-37(31(17(2)3)18(4)5)35-23-19(6)33-25(30-16-14-22(32)28-20(30)7)24(23)34-26(38)29-21-12-10-9-11-13-21;1-2/h8-14,16-19,23-25,27H,1,7,15H2,2-6H3,(H,28,32)(H,29,38);2H,1H3/t19-,23+,24+,25?,37?;/m1./s1/i6D;2T. The molecule has 2 aliphatic rings. The lowest BCUT2D eigenvalue weighted by molar-refractivity contribution is -0.118. The normalized spacial score (nSPS) is 23.8. The number of para-hydroxylation sites is 1. The maximum atomic E-state index is 11.9. The zero-order chi connectivity index (χ0) is 31.2. The number of nitrogens with zero attached hydrogens (tertiary/aromatic N) is 2. The number of aliphatic hydroxyl groups is 1. The molecule has 1 aromatic rings. The molecule has 0 bridgehead atoms. The second-order valence-electron chi connectivity index (χ2n) is 9.19. The van der Waals surface area contributed by atoms with Crippen LogP contribution in [0.15, 0.2) is 67.7 Å². The van der Waals surface area contributed by atoms with Crippen molar-refractivity contribution < 1.29 is 29.9 Å². The highest BCUT2D eigenvalue weighted by molar-refractivity contribution is 7.80. The molecule has 222 valence electrons. The number of hydrogen-bond acceptors (Lipinski definition) is 10. The molecular weight excluding hydrogens is 553 g/mol. The summed E-state index contributed by atoms with van der Waals surface area (Å²) in [6.45, 7) is 16.2. The van der Waals surface area contributed by atoms with Crippen molar-refractivity contribution in [1.29, 1.82) is 1.43 Å². The highest BCUT2D eigenvalue weighted by atomic mass is 32.1. The van der Waals surface area contributed by atoms with Gasteiger partial charge in [0.15, 0.2) is 12.3 Å². The maximum Gasteiger partial charge on any atom is 0.277 e. The van der Waals surface area contributed by atoms with Crippen LogP contribution < -0.4 is 16.1 Å². The Balaban J connectivity index is 0.00000197. The topological polar surface area (TPSA) is 117 Å². The molecule has 2 heterocycles. The van der Waals surface area contributed by atoms with Gasteiger partial charge < -0.3 is 34.6 Å². The van der Waals surface area contributed by atoms with Crippen molar-refractivity contribution in [2.24, 2.45) is 0 Å². The van der Waals surface area contributed by atoms with Gasteiger partial charge in [0.25, 0.3) is 19.6 Å². The van der Waals surface area contributed by atoms with Crippen molar-refractivity contribution in [3.05, 3.63) is 67.7 Å². The van der Waals surface area contributed by atoms with E-state index in [1.165, 1.54) is 13.2 Å². The first kappa shape index (κ1) is 30.5. The molecule has 40 heavy (non-hydrogen) atoms. The fourth-order valence-electron chi connectivity index (χ4n) is 4.05. The SMILES string of the molecule is [2H]C[C@H]1OC(N2C=CC(=O)NC2=C)[C@@H](OC(=S)Nc2ccccc2)[C@H]1OP(ONCC=C)N(C(C)C)C(C)C.[3H]OC. The van der Waals surface area contributed by atoms with Gasteiger partial charge in [-0.05, 0) is 58.9 Å². The quantitative estimate of drug-likeness (QED) is 0.0921. The predicted molar refractivity (Wildman–Crippen MR) is 161 cm³/mol. The first-order valence-corrected chi connectivity index (χ1v) is 14.3. The number of benzene rings is 1. The lowest BCUT2D eigenvalue weighted by atomic mass is 10.1. The predicted octanol–water partition coefficient (Wildman–Crippen LogP) is 3.98. The molecule has 1 aromatic carbocycles. The third kappa shape index (κ3) is 9.32. The van der Waals surface area contributed by atoms with Gasteiger partial charge >= 0.3 is 0 Å². The third-order valence-corrected chi connectivity index (χ3v) is 7.83. The van der Waals surface area contributed by atoms with Gasteiger partial charge in [-0.25, -0.2) is 9.29 Å². The third-order valence-electron chi connectivity index (χ3n) is 5.62. The van der Waals surface area contributed by atoms with Crippen LogP contribution in [0.2, 0.25) is 0 Å². The zero-order valence-corrected chi connectivity index (χ0v) is 25.3. The van der Waals surface area contributed by atoms with E-state index in [9.17, 15) is 4.79 Å². The minimum atomic E-state index is -1.67. The van der Waals surface area contributed by atoms with E-state index >= 15 is 0 Å². The molecular formula is C27H42N5O6PS. The Morgan fingerprint density at radius 1 is 1.38 bits per heavy atom. The van der Waals surface area contributed by atoms with E-state index in [1.807, 2.05) is 30.3 Å². The maximum absolute atomic E-state index is 11.9. The molecule has 0 aliphatic carbocycles. The van der Waals surface area contributed by atoms with E-state index in [0.717, 1.165) is 5.69 Å². The smallest absolute Gasteiger partial charge is 0.277 e. The second-order valence-corrected chi connectivity index (χ2v) is 10.9. The van der Waals surface area contributed by atoms with Crippen LogP contribution in [0.1, 0.15) is 36.0 Å². The fourth-order valence-corrected chi connectivity index (χ4v) is 5.93. The number of hydroxylamine groups is 1. The Labute approximate surface area is 247 Å². The van der Waals surface area contributed by atoms with E-state index in [2.05, 4.69) is 66.7 Å². The molecule has 0 aromatic heterocycles. The summed E-state index contributed by atoms with van der Waals surface area (Å²) in [6.07, 6.45) is 1.58. The number of hydrogen-bond donors (Lipinski definition) is 4. The first-order valence-electron chi connectivity index (χ1n) is 13.9. The molecule has 2 aliphatic heterocycles. The Hall–Kier alpha value is -2.41. The van der Waals surface area contributed by atoms with Gasteiger partial charge in [-0.15, -0.1) is 6.58 Å². The number of carbonyl (C=O) groups is 1. The van der Waals surface area contributed by atoms with Crippen molar-refractivity contribution in [2.75, 3.05) is 19.0 Å². The number of nitrogens with one attached hydrogen (secondary N) is 3. The number of anilines is 1. The van der Waals surface area contributed by atoms with E-state index < -0.39 is 33.1 Å². The van der Waals surface area contributed by atoms with Crippen molar-refractivity contribution in [1.82, 2.24) is 20.4 Å². The van der Waals surface area contributed by atoms with Gasteiger partial charge in [-0.1, -0.05) is 30.9 Å². The van der Waals surface area contributed by atoms with Crippen molar-refractivity contribution in [3.8, 4) is 0 Å². The van der Waals surface area contributed by atoms with Crippen molar-refractivity contribution >= 4 is 37.5 Å². The van der Waals surface area contributed by atoms with Crippen molar-refractivity contribution in [2.45, 2.75) is 71.2 Å². The molecule has 0 spiro atoms. The fraction of sp³-hybridized carbons (Fsp3) is 0.481. The summed E-state index contributed by atoms with van der Waals surface area (Å²) in [4.78, 5) is 13.5. The molecule has 1 fully saturated rings. The number of thiocarbonyl (C=S) groups is 1. The first-order chi connectivity index (χ1) is 20.1. The van der Waals surface area contributed by atoms with Crippen LogP contribution in [0.5, 0.6) is 0 Å². The van der Waals surface area contributed by atoms with Crippen LogP contribution in [0.3, 0.4) is 0 Å². The van der Waals surface area contributed by atoms with Crippen LogP contribution in [0.4, 0.5) is 5.69 Å². The molecule has 0 radical (unpaired) electrons. The van der Waals surface area contributed by atoms with Crippen LogP contribution in [0, 0.1) is 0 Å². The summed E-state index contributed by atoms with van der Waals surface area (Å²) in [7, 11) is -0.382. The number of carbonyl (C=O) groups excluding carboxylic acids is 1. The van der Waals surface area contributed by atoms with Gasteiger partial charge in [0, 0.05) is 45.1 Å². The van der Waals surface area contributed by atoms with E-state index in [4.69, 9.17) is 33.6 Å². The highest BCUT2D eigenvalue weighted by Crippen LogP contribution is 2.49. The van der Waals surface area contributed by atoms with Crippen LogP contribution in [-0.4, -0.2) is 77.5 Å². The summed E-state index contributed by atoms with van der Waals surface area (Å²) in [5.74, 6) is 0.0112. The number of amides is 1. The molecule has 5 atom stereocenters. The Morgan fingerprint density at radius 3 is 2.62 bits per heavy atom. The summed E-state index contributed by atoms with van der Waals surface area (Å²) in [6, 6.07) is 9.58. The van der Waals surface area contributed by atoms with Crippen LogP contribution >= 0.6 is 20.7 Å². The number of rotatable bonds is 12. The number of aliphatic hydroxyl groups excluding tert-OH is 1. The molecule has 2 unspecified atom stereocenters. The largest absolute Gasteiger partial charge is 0.460 e. The van der Waals surface area contributed by atoms with Crippen molar-refractivity contribution in [3.63, 3.8) is 0 Å². The molecule has 0 saturated carbocycles. The second kappa shape index (κ2) is 16.8. The monoisotopic (exact) mass is 598 g/mol. The lowest BCUT2D eigenvalue weighted by Gasteiger charge is -2.38. The van der Waals surface area contributed by atoms with Gasteiger partial charge in [0.1, 0.15) is 11.9 Å². The lowest BCUT2D eigenvalue weighted by Crippen LogP contribution is -2.49. The molecule has 1 amide bonds. The van der Waals surface area contributed by atoms with Crippen LogP contribution in [0.25, 0.3) is 0 Å². The van der Waals surface area contributed by atoms with Gasteiger partial charge in [-0.2, -0.15) is 5.48 Å². The average molecular weight is 599 g/mol. The zero-order valence-electron chi connectivity index (χ0n) is 25.6. The van der Waals surface area contributed by atoms with Gasteiger partial charge in [0.05, 0.1) is 6.10 Å². The Kier molecular flexibility index (Phi) is 12.8. The minimum absolute atomic E-state index is 0.0921. The van der Waals surface area contributed by atoms with Gasteiger partial charge in [-0.3, -0.25) is 4.79 Å². The molecule has 4 N–H and O–H groups in total. The average Bonchev–Trinajstić information content (AvgIpc) is 3.25.